The number of carbonyl (C=O) groups excluding carboxylic acids is 1. The van der Waals surface area contributed by atoms with E-state index in [0.717, 1.165) is 19.3 Å². The molecule has 0 radical (unpaired) electrons. The van der Waals surface area contributed by atoms with E-state index >= 15 is 0 Å². The zero-order valence-electron chi connectivity index (χ0n) is 9.84. The van der Waals surface area contributed by atoms with Crippen LogP contribution in [0.5, 0.6) is 0 Å². The monoisotopic (exact) mass is 200 g/mol. The molecule has 0 aliphatic heterocycles. The molecule has 1 atom stereocenters. The molecule has 0 heterocycles. The van der Waals surface area contributed by atoms with E-state index in [1.807, 2.05) is 0 Å². The number of esters is 1. The fourth-order valence-corrected chi connectivity index (χ4v) is 1.62. The van der Waals surface area contributed by atoms with Crippen molar-refractivity contribution in [1.82, 2.24) is 0 Å². The van der Waals surface area contributed by atoms with Crippen LogP contribution < -0.4 is 0 Å². The maximum absolute atomic E-state index is 10.8. The lowest BCUT2D eigenvalue weighted by Gasteiger charge is -2.15. The van der Waals surface area contributed by atoms with E-state index in [9.17, 15) is 4.79 Å². The Morgan fingerprint density at radius 3 is 2.29 bits per heavy atom. The van der Waals surface area contributed by atoms with Crippen LogP contribution in [0.4, 0.5) is 0 Å². The Kier molecular flexibility index (Phi) is 8.70. The minimum Gasteiger partial charge on any atom is -0.463 e. The van der Waals surface area contributed by atoms with Crippen LogP contribution in [0.15, 0.2) is 0 Å². The summed E-state index contributed by atoms with van der Waals surface area (Å²) in [6.07, 6.45) is 8.29. The van der Waals surface area contributed by atoms with Gasteiger partial charge in [-0.25, -0.2) is 0 Å². The van der Waals surface area contributed by atoms with Crippen molar-refractivity contribution >= 4 is 5.97 Å². The Labute approximate surface area is 88.0 Å². The average Bonchev–Trinajstić information content (AvgIpc) is 2.12. The normalized spacial score (nSPS) is 12.5. The molecule has 0 unspecified atom stereocenters. The van der Waals surface area contributed by atoms with Crippen LogP contribution in [0.2, 0.25) is 0 Å². The first-order valence-corrected chi connectivity index (χ1v) is 5.87. The lowest BCUT2D eigenvalue weighted by atomic mass is 10.1. The van der Waals surface area contributed by atoms with Crippen molar-refractivity contribution in [3.63, 3.8) is 0 Å². The molecule has 2 nitrogen and oxygen atoms in total. The molecule has 14 heavy (non-hydrogen) atoms. The lowest BCUT2D eigenvalue weighted by molar-refractivity contribution is -0.147. The van der Waals surface area contributed by atoms with Crippen LogP contribution in [-0.2, 0) is 9.53 Å². The van der Waals surface area contributed by atoms with E-state index in [0.29, 0.717) is 0 Å². The van der Waals surface area contributed by atoms with Gasteiger partial charge < -0.3 is 4.74 Å². The van der Waals surface area contributed by atoms with E-state index in [-0.39, 0.29) is 12.1 Å². The second kappa shape index (κ2) is 9.04. The first-order chi connectivity index (χ1) is 6.70. The van der Waals surface area contributed by atoms with Gasteiger partial charge in [0.25, 0.3) is 0 Å². The van der Waals surface area contributed by atoms with Gasteiger partial charge in [0, 0.05) is 6.92 Å². The van der Waals surface area contributed by atoms with Gasteiger partial charge >= 0.3 is 5.97 Å². The Balaban J connectivity index is 3.56. The van der Waals surface area contributed by atoms with Gasteiger partial charge in [0.2, 0.25) is 0 Å². The van der Waals surface area contributed by atoms with Crippen molar-refractivity contribution in [3.05, 3.63) is 0 Å². The summed E-state index contributed by atoms with van der Waals surface area (Å²) >= 11 is 0. The number of hydrogen-bond acceptors (Lipinski definition) is 2. The maximum Gasteiger partial charge on any atom is 0.302 e. The Morgan fingerprint density at radius 2 is 1.79 bits per heavy atom. The van der Waals surface area contributed by atoms with Gasteiger partial charge in [-0.15, -0.1) is 0 Å². The highest BCUT2D eigenvalue weighted by Crippen LogP contribution is 2.12. The summed E-state index contributed by atoms with van der Waals surface area (Å²) in [6, 6.07) is 0. The topological polar surface area (TPSA) is 26.3 Å². The number of ether oxygens (including phenoxy) is 1. The van der Waals surface area contributed by atoms with Crippen LogP contribution in [0.25, 0.3) is 0 Å². The number of unbranched alkanes of at least 4 members (excludes halogenated alkanes) is 3. The fourth-order valence-electron chi connectivity index (χ4n) is 1.62. The maximum atomic E-state index is 10.8. The molecule has 0 fully saturated rings. The summed E-state index contributed by atoms with van der Waals surface area (Å²) < 4.78 is 5.23. The second-order valence-corrected chi connectivity index (χ2v) is 3.87. The number of rotatable bonds is 8. The van der Waals surface area contributed by atoms with Gasteiger partial charge in [-0.05, 0) is 19.3 Å². The van der Waals surface area contributed by atoms with Crippen LogP contribution in [-0.4, -0.2) is 12.1 Å². The molecule has 0 aromatic heterocycles. The second-order valence-electron chi connectivity index (χ2n) is 3.87. The SMILES string of the molecule is CCCCCC[C@@H](CCC)OC(C)=O. The molecule has 0 saturated heterocycles. The molecule has 0 aromatic rings. The van der Waals surface area contributed by atoms with E-state index in [4.69, 9.17) is 4.74 Å². The Morgan fingerprint density at radius 1 is 1.07 bits per heavy atom. The van der Waals surface area contributed by atoms with Gasteiger partial charge in [0.15, 0.2) is 0 Å². The van der Waals surface area contributed by atoms with Crippen molar-refractivity contribution in [2.75, 3.05) is 0 Å². The Hall–Kier alpha value is -0.530. The molecule has 0 rings (SSSR count). The number of carbonyl (C=O) groups is 1. The van der Waals surface area contributed by atoms with E-state index in [2.05, 4.69) is 13.8 Å². The molecule has 0 aliphatic carbocycles. The highest BCUT2D eigenvalue weighted by molar-refractivity contribution is 5.66. The molecular formula is C12H24O2. The summed E-state index contributed by atoms with van der Waals surface area (Å²) in [5.41, 5.74) is 0. The molecule has 0 N–H and O–H groups in total. The highest BCUT2D eigenvalue weighted by atomic mass is 16.5. The van der Waals surface area contributed by atoms with Gasteiger partial charge in [-0.2, -0.15) is 0 Å². The summed E-state index contributed by atoms with van der Waals surface area (Å²) in [5.74, 6) is -0.140. The standard InChI is InChI=1S/C12H24O2/c1-4-6-7-8-10-12(9-5-2)14-11(3)13/h12H,4-10H2,1-3H3/t12-/m1/s1. The quantitative estimate of drug-likeness (QED) is 0.441. The molecular weight excluding hydrogens is 176 g/mol. The third kappa shape index (κ3) is 8.09. The largest absolute Gasteiger partial charge is 0.463 e. The first kappa shape index (κ1) is 13.5. The van der Waals surface area contributed by atoms with Gasteiger partial charge in [-0.3, -0.25) is 4.79 Å². The summed E-state index contributed by atoms with van der Waals surface area (Å²) in [5, 5.41) is 0. The van der Waals surface area contributed by atoms with Crippen LogP contribution in [0.3, 0.4) is 0 Å². The summed E-state index contributed by atoms with van der Waals surface area (Å²) in [7, 11) is 0. The third-order valence-electron chi connectivity index (χ3n) is 2.32. The van der Waals surface area contributed by atoms with Crippen molar-refractivity contribution in [1.29, 1.82) is 0 Å². The van der Waals surface area contributed by atoms with Crippen molar-refractivity contribution in [2.45, 2.75) is 71.8 Å². The minimum atomic E-state index is -0.140. The molecule has 0 aromatic carbocycles. The van der Waals surface area contributed by atoms with Gasteiger partial charge in [-0.1, -0.05) is 39.5 Å². The van der Waals surface area contributed by atoms with Crippen LogP contribution >= 0.6 is 0 Å². The van der Waals surface area contributed by atoms with Crippen molar-refractivity contribution in [2.24, 2.45) is 0 Å². The van der Waals surface area contributed by atoms with Gasteiger partial charge in [0.05, 0.1) is 0 Å². The molecule has 0 saturated carbocycles. The predicted octanol–water partition coefficient (Wildman–Crippen LogP) is 3.69. The summed E-state index contributed by atoms with van der Waals surface area (Å²) in [4.78, 5) is 10.8. The van der Waals surface area contributed by atoms with Crippen LogP contribution in [0, 0.1) is 0 Å². The fraction of sp³-hybridized carbons (Fsp3) is 0.917. The minimum absolute atomic E-state index is 0.140. The average molecular weight is 200 g/mol. The summed E-state index contributed by atoms with van der Waals surface area (Å²) in [6.45, 7) is 5.83. The predicted molar refractivity (Wildman–Crippen MR) is 59.2 cm³/mol. The third-order valence-corrected chi connectivity index (χ3v) is 2.32. The smallest absolute Gasteiger partial charge is 0.302 e. The molecule has 0 amide bonds. The van der Waals surface area contributed by atoms with E-state index < -0.39 is 0 Å². The van der Waals surface area contributed by atoms with E-state index in [1.54, 1.807) is 0 Å². The molecule has 0 spiro atoms. The molecule has 0 aliphatic rings. The van der Waals surface area contributed by atoms with Crippen molar-refractivity contribution in [3.8, 4) is 0 Å². The van der Waals surface area contributed by atoms with Crippen molar-refractivity contribution < 1.29 is 9.53 Å². The number of hydrogen-bond donors (Lipinski definition) is 0. The lowest BCUT2D eigenvalue weighted by Crippen LogP contribution is -2.15. The zero-order chi connectivity index (χ0) is 10.8. The first-order valence-electron chi connectivity index (χ1n) is 5.87. The zero-order valence-corrected chi connectivity index (χ0v) is 9.84. The Bertz CT molecular complexity index is 143. The van der Waals surface area contributed by atoms with Crippen LogP contribution in [0.1, 0.15) is 65.7 Å². The molecule has 2 heteroatoms. The molecule has 0 bridgehead atoms. The molecule has 84 valence electrons. The van der Waals surface area contributed by atoms with E-state index in [1.165, 1.54) is 32.6 Å². The highest BCUT2D eigenvalue weighted by Gasteiger charge is 2.09. The van der Waals surface area contributed by atoms with Gasteiger partial charge in [0.1, 0.15) is 6.10 Å².